The molecule has 4 heteroatoms. The number of piperazine rings is 1. The third-order valence-electron chi connectivity index (χ3n) is 3.36. The molecule has 0 spiro atoms. The highest BCUT2D eigenvalue weighted by Gasteiger charge is 2.18. The van der Waals surface area contributed by atoms with Crippen LogP contribution in [0.3, 0.4) is 0 Å². The Morgan fingerprint density at radius 2 is 2.06 bits per heavy atom. The molecule has 1 unspecified atom stereocenters. The Kier molecular flexibility index (Phi) is 4.26. The van der Waals surface area contributed by atoms with E-state index in [9.17, 15) is 0 Å². The number of hydrogen-bond donors (Lipinski definition) is 1. The summed E-state index contributed by atoms with van der Waals surface area (Å²) in [4.78, 5) is 2.47. The maximum atomic E-state index is 6.16. The van der Waals surface area contributed by atoms with Crippen LogP contribution < -0.4 is 10.1 Å². The third kappa shape index (κ3) is 2.92. The van der Waals surface area contributed by atoms with Crippen molar-refractivity contribution in [1.82, 2.24) is 10.2 Å². The summed E-state index contributed by atoms with van der Waals surface area (Å²) in [6, 6.07) is 6.45. The van der Waals surface area contributed by atoms with Crippen LogP contribution >= 0.6 is 11.6 Å². The van der Waals surface area contributed by atoms with E-state index in [-0.39, 0.29) is 0 Å². The molecule has 0 aromatic heterocycles. The molecule has 1 N–H and O–H groups in total. The first-order valence-corrected chi connectivity index (χ1v) is 6.38. The predicted octanol–water partition coefficient (Wildman–Crippen LogP) is 2.31. The van der Waals surface area contributed by atoms with Crippen molar-refractivity contribution in [2.45, 2.75) is 13.0 Å². The molecule has 17 heavy (non-hydrogen) atoms. The first-order chi connectivity index (χ1) is 8.22. The quantitative estimate of drug-likeness (QED) is 0.896. The van der Waals surface area contributed by atoms with E-state index < -0.39 is 0 Å². The second-order valence-electron chi connectivity index (χ2n) is 4.36. The van der Waals surface area contributed by atoms with E-state index in [2.05, 4.69) is 23.2 Å². The zero-order valence-electron chi connectivity index (χ0n) is 10.4. The van der Waals surface area contributed by atoms with Gasteiger partial charge in [-0.05, 0) is 24.6 Å². The molecule has 94 valence electrons. The van der Waals surface area contributed by atoms with Crippen molar-refractivity contribution in [2.24, 2.45) is 0 Å². The minimum Gasteiger partial charge on any atom is -0.495 e. The molecule has 1 fully saturated rings. The van der Waals surface area contributed by atoms with Crippen LogP contribution in [0.4, 0.5) is 0 Å². The van der Waals surface area contributed by atoms with Gasteiger partial charge < -0.3 is 10.1 Å². The second kappa shape index (κ2) is 5.71. The van der Waals surface area contributed by atoms with Crippen LogP contribution in [0, 0.1) is 0 Å². The summed E-state index contributed by atoms with van der Waals surface area (Å²) in [5.74, 6) is 0.739. The number of nitrogens with one attached hydrogen (secondary N) is 1. The zero-order chi connectivity index (χ0) is 12.3. The van der Waals surface area contributed by atoms with Gasteiger partial charge in [-0.2, -0.15) is 0 Å². The standard InChI is InChI=1S/C13H19ClN2O/c1-10(16-7-5-15-6-8-16)11-3-4-13(17-2)12(14)9-11/h3-4,9-10,15H,5-8H2,1-2H3. The molecule has 1 heterocycles. The Labute approximate surface area is 108 Å². The summed E-state index contributed by atoms with van der Waals surface area (Å²) in [6.07, 6.45) is 0. The lowest BCUT2D eigenvalue weighted by molar-refractivity contribution is 0.185. The summed E-state index contributed by atoms with van der Waals surface area (Å²) in [6.45, 7) is 6.53. The minimum absolute atomic E-state index is 0.403. The predicted molar refractivity (Wildman–Crippen MR) is 70.9 cm³/mol. The molecule has 0 amide bonds. The van der Waals surface area contributed by atoms with Gasteiger partial charge in [0.1, 0.15) is 5.75 Å². The Morgan fingerprint density at radius 3 is 2.65 bits per heavy atom. The molecule has 1 aromatic rings. The molecule has 1 aliphatic heterocycles. The summed E-state index contributed by atoms with van der Waals surface area (Å²) in [7, 11) is 1.64. The van der Waals surface area contributed by atoms with E-state index in [1.807, 2.05) is 12.1 Å². The maximum Gasteiger partial charge on any atom is 0.137 e. The average molecular weight is 255 g/mol. The monoisotopic (exact) mass is 254 g/mol. The van der Waals surface area contributed by atoms with Gasteiger partial charge in [-0.25, -0.2) is 0 Å². The largest absolute Gasteiger partial charge is 0.495 e. The highest BCUT2D eigenvalue weighted by molar-refractivity contribution is 6.32. The van der Waals surface area contributed by atoms with Gasteiger partial charge in [0.05, 0.1) is 12.1 Å². The number of halogens is 1. The van der Waals surface area contributed by atoms with Crippen molar-refractivity contribution < 1.29 is 4.74 Å². The molecule has 0 aliphatic carbocycles. The van der Waals surface area contributed by atoms with Gasteiger partial charge >= 0.3 is 0 Å². The van der Waals surface area contributed by atoms with Crippen LogP contribution in [0.1, 0.15) is 18.5 Å². The molecule has 1 aromatic carbocycles. The van der Waals surface area contributed by atoms with E-state index >= 15 is 0 Å². The summed E-state index contributed by atoms with van der Waals surface area (Å²) in [5, 5.41) is 4.05. The number of benzene rings is 1. The van der Waals surface area contributed by atoms with Crippen LogP contribution in [0.25, 0.3) is 0 Å². The lowest BCUT2D eigenvalue weighted by Gasteiger charge is -2.33. The molecule has 0 saturated carbocycles. The molecule has 2 rings (SSSR count). The topological polar surface area (TPSA) is 24.5 Å². The summed E-state index contributed by atoms with van der Waals surface area (Å²) in [5.41, 5.74) is 1.25. The van der Waals surface area contributed by atoms with E-state index in [1.165, 1.54) is 5.56 Å². The number of nitrogens with zero attached hydrogens (tertiary/aromatic N) is 1. The lowest BCUT2D eigenvalue weighted by atomic mass is 10.1. The van der Waals surface area contributed by atoms with Crippen molar-refractivity contribution in [2.75, 3.05) is 33.3 Å². The van der Waals surface area contributed by atoms with E-state index in [1.54, 1.807) is 7.11 Å². The maximum absolute atomic E-state index is 6.16. The highest BCUT2D eigenvalue weighted by atomic mass is 35.5. The van der Waals surface area contributed by atoms with Crippen LogP contribution in [-0.2, 0) is 0 Å². The first-order valence-electron chi connectivity index (χ1n) is 6.00. The SMILES string of the molecule is COc1ccc(C(C)N2CCNCC2)cc1Cl. The lowest BCUT2D eigenvalue weighted by Crippen LogP contribution is -2.44. The highest BCUT2D eigenvalue weighted by Crippen LogP contribution is 2.29. The van der Waals surface area contributed by atoms with Crippen molar-refractivity contribution in [3.8, 4) is 5.75 Å². The van der Waals surface area contributed by atoms with Crippen molar-refractivity contribution in [1.29, 1.82) is 0 Å². The Bertz CT molecular complexity index is 378. The average Bonchev–Trinajstić information content (AvgIpc) is 2.39. The van der Waals surface area contributed by atoms with Crippen LogP contribution in [-0.4, -0.2) is 38.2 Å². The molecule has 0 bridgehead atoms. The second-order valence-corrected chi connectivity index (χ2v) is 4.76. The fraction of sp³-hybridized carbons (Fsp3) is 0.538. The minimum atomic E-state index is 0.403. The van der Waals surface area contributed by atoms with Crippen LogP contribution in [0.5, 0.6) is 5.75 Å². The molecule has 1 aliphatic rings. The first kappa shape index (κ1) is 12.7. The molecule has 1 atom stereocenters. The van der Waals surface area contributed by atoms with Gasteiger partial charge in [-0.1, -0.05) is 17.7 Å². The van der Waals surface area contributed by atoms with E-state index in [0.29, 0.717) is 11.1 Å². The number of hydrogen-bond acceptors (Lipinski definition) is 3. The molecule has 1 saturated heterocycles. The van der Waals surface area contributed by atoms with Gasteiger partial charge in [0, 0.05) is 32.2 Å². The molecular weight excluding hydrogens is 236 g/mol. The Hall–Kier alpha value is -0.770. The number of ether oxygens (including phenoxy) is 1. The molecular formula is C13H19ClN2O. The van der Waals surface area contributed by atoms with Crippen LogP contribution in [0.15, 0.2) is 18.2 Å². The normalized spacial score (nSPS) is 19.0. The molecule has 0 radical (unpaired) electrons. The number of methoxy groups -OCH3 is 1. The van der Waals surface area contributed by atoms with Crippen molar-refractivity contribution in [3.63, 3.8) is 0 Å². The zero-order valence-corrected chi connectivity index (χ0v) is 11.1. The fourth-order valence-electron chi connectivity index (χ4n) is 2.22. The van der Waals surface area contributed by atoms with Gasteiger partial charge in [0.25, 0.3) is 0 Å². The summed E-state index contributed by atoms with van der Waals surface area (Å²) >= 11 is 6.16. The smallest absolute Gasteiger partial charge is 0.137 e. The van der Waals surface area contributed by atoms with Gasteiger partial charge in [0.2, 0.25) is 0 Å². The van der Waals surface area contributed by atoms with E-state index in [0.717, 1.165) is 31.9 Å². The third-order valence-corrected chi connectivity index (χ3v) is 3.65. The van der Waals surface area contributed by atoms with Crippen LogP contribution in [0.2, 0.25) is 5.02 Å². The fourth-order valence-corrected chi connectivity index (χ4v) is 2.49. The van der Waals surface area contributed by atoms with E-state index in [4.69, 9.17) is 16.3 Å². The van der Waals surface area contributed by atoms with Crippen molar-refractivity contribution in [3.05, 3.63) is 28.8 Å². The van der Waals surface area contributed by atoms with Gasteiger partial charge in [-0.15, -0.1) is 0 Å². The van der Waals surface area contributed by atoms with Gasteiger partial charge in [-0.3, -0.25) is 4.90 Å². The Balaban J connectivity index is 2.12. The Morgan fingerprint density at radius 1 is 1.35 bits per heavy atom. The summed E-state index contributed by atoms with van der Waals surface area (Å²) < 4.78 is 5.17. The molecule has 3 nitrogen and oxygen atoms in total. The number of rotatable bonds is 3. The van der Waals surface area contributed by atoms with Gasteiger partial charge in [0.15, 0.2) is 0 Å². The van der Waals surface area contributed by atoms with Crippen molar-refractivity contribution >= 4 is 11.6 Å².